The van der Waals surface area contributed by atoms with Gasteiger partial charge in [-0.05, 0) is 0 Å². The zero-order valence-corrected chi connectivity index (χ0v) is 9.86. The summed E-state index contributed by atoms with van der Waals surface area (Å²) in [5.74, 6) is 0.369. The van der Waals surface area contributed by atoms with E-state index < -0.39 is 11.2 Å². The van der Waals surface area contributed by atoms with Gasteiger partial charge in [-0.25, -0.2) is 4.79 Å². The first kappa shape index (κ1) is 13.1. The molecule has 0 bridgehead atoms. The standard InChI is InChI=1S/C8H10ClN3O3.ClH/c9-5-6(10-8(14)11-7(5)13)12-1-3-15-4-2-12;/h1-4H2,(H2,10,11,13,14);1H. The molecule has 2 rings (SSSR count). The summed E-state index contributed by atoms with van der Waals surface area (Å²) >= 11 is 5.80. The zero-order valence-electron chi connectivity index (χ0n) is 8.29. The maximum Gasteiger partial charge on any atom is 0.327 e. The third-order valence-corrected chi connectivity index (χ3v) is 2.54. The van der Waals surface area contributed by atoms with Gasteiger partial charge in [0.15, 0.2) is 0 Å². The lowest BCUT2D eigenvalue weighted by atomic mass is 10.4. The van der Waals surface area contributed by atoms with Crippen LogP contribution in [0.5, 0.6) is 0 Å². The van der Waals surface area contributed by atoms with E-state index in [-0.39, 0.29) is 17.4 Å². The van der Waals surface area contributed by atoms with Gasteiger partial charge in [0.1, 0.15) is 10.8 Å². The highest BCUT2D eigenvalue weighted by atomic mass is 35.5. The largest absolute Gasteiger partial charge is 0.378 e. The second-order valence-corrected chi connectivity index (χ2v) is 3.55. The van der Waals surface area contributed by atoms with E-state index in [4.69, 9.17) is 16.3 Å². The number of morpholine rings is 1. The zero-order chi connectivity index (χ0) is 10.8. The first-order valence-corrected chi connectivity index (χ1v) is 4.91. The lowest BCUT2D eigenvalue weighted by Gasteiger charge is -2.28. The van der Waals surface area contributed by atoms with E-state index in [1.807, 2.05) is 4.90 Å². The Morgan fingerprint density at radius 3 is 2.44 bits per heavy atom. The van der Waals surface area contributed by atoms with Crippen molar-refractivity contribution in [1.82, 2.24) is 9.97 Å². The minimum Gasteiger partial charge on any atom is -0.378 e. The molecule has 2 N–H and O–H groups in total. The average molecular weight is 268 g/mol. The van der Waals surface area contributed by atoms with E-state index in [2.05, 4.69) is 9.97 Å². The van der Waals surface area contributed by atoms with Gasteiger partial charge in [0.05, 0.1) is 13.2 Å². The molecule has 0 amide bonds. The summed E-state index contributed by atoms with van der Waals surface area (Å²) in [4.78, 5) is 28.7. The molecule has 0 unspecified atom stereocenters. The number of halogens is 2. The lowest BCUT2D eigenvalue weighted by Crippen LogP contribution is -2.39. The molecule has 2 heterocycles. The highest BCUT2D eigenvalue weighted by Gasteiger charge is 2.16. The monoisotopic (exact) mass is 267 g/mol. The quantitative estimate of drug-likeness (QED) is 0.750. The van der Waals surface area contributed by atoms with E-state index >= 15 is 0 Å². The number of anilines is 1. The van der Waals surface area contributed by atoms with Gasteiger partial charge in [-0.1, -0.05) is 11.6 Å². The van der Waals surface area contributed by atoms with Crippen molar-refractivity contribution in [3.8, 4) is 0 Å². The van der Waals surface area contributed by atoms with Crippen LogP contribution in [0, 0.1) is 0 Å². The van der Waals surface area contributed by atoms with Crippen LogP contribution in [0.2, 0.25) is 5.02 Å². The number of hydrogen-bond donors (Lipinski definition) is 2. The van der Waals surface area contributed by atoms with Crippen LogP contribution in [-0.4, -0.2) is 36.3 Å². The third kappa shape index (κ3) is 2.58. The summed E-state index contributed by atoms with van der Waals surface area (Å²) < 4.78 is 5.16. The Morgan fingerprint density at radius 2 is 1.81 bits per heavy atom. The number of aromatic amines is 2. The number of nitrogens with one attached hydrogen (secondary N) is 2. The molecule has 1 fully saturated rings. The van der Waals surface area contributed by atoms with E-state index in [0.717, 1.165) is 0 Å². The van der Waals surface area contributed by atoms with Crippen molar-refractivity contribution >= 4 is 29.8 Å². The second kappa shape index (κ2) is 5.38. The number of ether oxygens (including phenoxy) is 1. The van der Waals surface area contributed by atoms with E-state index in [0.29, 0.717) is 32.1 Å². The molecular formula is C8H11Cl2N3O3. The van der Waals surface area contributed by atoms with Gasteiger partial charge >= 0.3 is 5.69 Å². The summed E-state index contributed by atoms with van der Waals surface area (Å²) in [6.07, 6.45) is 0. The van der Waals surface area contributed by atoms with Crippen molar-refractivity contribution in [2.24, 2.45) is 0 Å². The van der Waals surface area contributed by atoms with Crippen LogP contribution < -0.4 is 16.1 Å². The van der Waals surface area contributed by atoms with Crippen LogP contribution in [0.3, 0.4) is 0 Å². The highest BCUT2D eigenvalue weighted by molar-refractivity contribution is 6.32. The first-order valence-electron chi connectivity index (χ1n) is 4.53. The molecule has 0 spiro atoms. The minimum absolute atomic E-state index is 0. The maximum atomic E-state index is 11.2. The molecule has 8 heteroatoms. The van der Waals surface area contributed by atoms with Crippen molar-refractivity contribution < 1.29 is 4.74 Å². The van der Waals surface area contributed by atoms with Crippen LogP contribution >= 0.6 is 24.0 Å². The number of aromatic nitrogens is 2. The van der Waals surface area contributed by atoms with Gasteiger partial charge in [-0.2, -0.15) is 0 Å². The van der Waals surface area contributed by atoms with E-state index in [9.17, 15) is 9.59 Å². The van der Waals surface area contributed by atoms with Gasteiger partial charge in [0.25, 0.3) is 5.56 Å². The topological polar surface area (TPSA) is 78.2 Å². The summed E-state index contributed by atoms with van der Waals surface area (Å²) in [5, 5.41) is 0.0106. The van der Waals surface area contributed by atoms with Crippen molar-refractivity contribution in [2.75, 3.05) is 31.2 Å². The van der Waals surface area contributed by atoms with Crippen LogP contribution in [0.15, 0.2) is 9.59 Å². The fraction of sp³-hybridized carbons (Fsp3) is 0.500. The third-order valence-electron chi connectivity index (χ3n) is 2.19. The molecule has 6 nitrogen and oxygen atoms in total. The molecule has 1 aromatic heterocycles. The van der Waals surface area contributed by atoms with Crippen molar-refractivity contribution in [1.29, 1.82) is 0 Å². The Morgan fingerprint density at radius 1 is 1.19 bits per heavy atom. The van der Waals surface area contributed by atoms with Crippen LogP contribution in [-0.2, 0) is 4.74 Å². The minimum atomic E-state index is -0.568. The SMILES string of the molecule is Cl.O=c1[nH]c(N2CCOCC2)c(Cl)c(=O)[nH]1. The Hall–Kier alpha value is -0.980. The number of nitrogens with zero attached hydrogens (tertiary/aromatic N) is 1. The number of H-pyrrole nitrogens is 2. The van der Waals surface area contributed by atoms with Crippen molar-refractivity contribution in [3.05, 3.63) is 25.9 Å². The van der Waals surface area contributed by atoms with Gasteiger partial charge < -0.3 is 9.64 Å². The number of hydrogen-bond acceptors (Lipinski definition) is 4. The summed E-state index contributed by atoms with van der Waals surface area (Å²) in [6, 6.07) is 0. The van der Waals surface area contributed by atoms with E-state index in [1.54, 1.807) is 0 Å². The summed E-state index contributed by atoms with van der Waals surface area (Å²) in [5.41, 5.74) is -1.12. The van der Waals surface area contributed by atoms with Crippen LogP contribution in [0.4, 0.5) is 5.82 Å². The predicted octanol–water partition coefficient (Wildman–Crippen LogP) is -0.0250. The molecule has 1 saturated heterocycles. The Kier molecular flexibility index (Phi) is 4.40. The van der Waals surface area contributed by atoms with Gasteiger partial charge in [0.2, 0.25) is 0 Å². The van der Waals surface area contributed by atoms with Gasteiger partial charge in [-0.3, -0.25) is 14.8 Å². The number of rotatable bonds is 1. The van der Waals surface area contributed by atoms with Crippen molar-refractivity contribution in [3.63, 3.8) is 0 Å². The smallest absolute Gasteiger partial charge is 0.327 e. The fourth-order valence-corrected chi connectivity index (χ4v) is 1.68. The van der Waals surface area contributed by atoms with E-state index in [1.165, 1.54) is 0 Å². The van der Waals surface area contributed by atoms with Crippen molar-refractivity contribution in [2.45, 2.75) is 0 Å². The summed E-state index contributed by atoms with van der Waals surface area (Å²) in [6.45, 7) is 2.34. The molecule has 0 saturated carbocycles. The molecule has 16 heavy (non-hydrogen) atoms. The van der Waals surface area contributed by atoms with Crippen LogP contribution in [0.1, 0.15) is 0 Å². The lowest BCUT2D eigenvalue weighted by molar-refractivity contribution is 0.122. The normalized spacial score (nSPS) is 15.7. The Balaban J connectivity index is 0.00000128. The van der Waals surface area contributed by atoms with Gasteiger partial charge in [0, 0.05) is 13.1 Å². The summed E-state index contributed by atoms with van der Waals surface area (Å²) in [7, 11) is 0. The second-order valence-electron chi connectivity index (χ2n) is 3.17. The Labute approximate surface area is 102 Å². The molecule has 0 radical (unpaired) electrons. The molecule has 90 valence electrons. The molecule has 1 aromatic rings. The van der Waals surface area contributed by atoms with Crippen LogP contribution in [0.25, 0.3) is 0 Å². The fourth-order valence-electron chi connectivity index (χ4n) is 1.46. The first-order chi connectivity index (χ1) is 7.18. The molecule has 0 aliphatic carbocycles. The molecule has 0 atom stereocenters. The maximum absolute atomic E-state index is 11.2. The predicted molar refractivity (Wildman–Crippen MR) is 63.0 cm³/mol. The highest BCUT2D eigenvalue weighted by Crippen LogP contribution is 2.17. The molecule has 0 aromatic carbocycles. The Bertz CT molecular complexity index is 464. The molecule has 1 aliphatic heterocycles. The molecule has 1 aliphatic rings. The average Bonchev–Trinajstić information content (AvgIpc) is 2.24. The van der Waals surface area contributed by atoms with Gasteiger partial charge in [-0.15, -0.1) is 12.4 Å². The molecular weight excluding hydrogens is 257 g/mol.